The van der Waals surface area contributed by atoms with E-state index in [0.29, 0.717) is 18.7 Å². The number of halogens is 2. The molecule has 0 spiro atoms. The highest BCUT2D eigenvalue weighted by atomic mass is 35.5. The molecule has 0 bridgehead atoms. The third-order valence-electron chi connectivity index (χ3n) is 5.15. The van der Waals surface area contributed by atoms with Crippen LogP contribution >= 0.6 is 11.6 Å². The topological polar surface area (TPSA) is 35.6 Å². The molecular weight excluding hydrogens is 365 g/mol. The van der Waals surface area contributed by atoms with Crippen molar-refractivity contribution in [3.8, 4) is 0 Å². The third-order valence-corrected chi connectivity index (χ3v) is 5.44. The van der Waals surface area contributed by atoms with Gasteiger partial charge in [-0.2, -0.15) is 0 Å². The van der Waals surface area contributed by atoms with Gasteiger partial charge in [0.05, 0.1) is 5.02 Å². The van der Waals surface area contributed by atoms with Crippen molar-refractivity contribution in [1.82, 2.24) is 4.90 Å². The van der Waals surface area contributed by atoms with E-state index in [1.165, 1.54) is 35.0 Å². The van der Waals surface area contributed by atoms with E-state index in [0.717, 1.165) is 26.2 Å². The maximum atomic E-state index is 13.2. The first kappa shape index (κ1) is 19.6. The number of anilines is 2. The maximum absolute atomic E-state index is 13.2. The van der Waals surface area contributed by atoms with E-state index < -0.39 is 5.82 Å². The lowest BCUT2D eigenvalue weighted by Gasteiger charge is -2.37. The summed E-state index contributed by atoms with van der Waals surface area (Å²) in [6.45, 7) is 8.80. The first-order valence-electron chi connectivity index (χ1n) is 9.22. The molecule has 0 radical (unpaired) electrons. The second-order valence-electron chi connectivity index (χ2n) is 6.97. The van der Waals surface area contributed by atoms with E-state index in [-0.39, 0.29) is 10.9 Å². The molecule has 1 aliphatic rings. The van der Waals surface area contributed by atoms with Gasteiger partial charge in [-0.05, 0) is 49.2 Å². The smallest absolute Gasteiger partial charge is 0.225 e. The molecule has 1 saturated heterocycles. The highest BCUT2D eigenvalue weighted by Crippen LogP contribution is 2.24. The predicted octanol–water partition coefficient (Wildman–Crippen LogP) is 4.25. The molecule has 0 aliphatic carbocycles. The molecule has 1 heterocycles. The quantitative estimate of drug-likeness (QED) is 0.830. The van der Waals surface area contributed by atoms with Crippen LogP contribution in [0.4, 0.5) is 15.8 Å². The van der Waals surface area contributed by atoms with E-state index in [9.17, 15) is 9.18 Å². The number of hydrogen-bond acceptors (Lipinski definition) is 3. The van der Waals surface area contributed by atoms with Crippen LogP contribution in [0.2, 0.25) is 5.02 Å². The fourth-order valence-corrected chi connectivity index (χ4v) is 3.53. The lowest BCUT2D eigenvalue weighted by molar-refractivity contribution is -0.116. The Morgan fingerprint density at radius 3 is 2.59 bits per heavy atom. The van der Waals surface area contributed by atoms with Crippen LogP contribution in [0.3, 0.4) is 0 Å². The lowest BCUT2D eigenvalue weighted by Crippen LogP contribution is -2.47. The average Bonchev–Trinajstić information content (AvgIpc) is 2.66. The maximum Gasteiger partial charge on any atom is 0.225 e. The Hall–Kier alpha value is -2.11. The Morgan fingerprint density at radius 2 is 1.89 bits per heavy atom. The molecule has 0 atom stereocenters. The summed E-state index contributed by atoms with van der Waals surface area (Å²) in [7, 11) is 0. The summed E-state index contributed by atoms with van der Waals surface area (Å²) >= 11 is 5.74. The van der Waals surface area contributed by atoms with Crippen LogP contribution in [0.1, 0.15) is 17.5 Å². The van der Waals surface area contributed by atoms with Gasteiger partial charge in [0.1, 0.15) is 5.82 Å². The van der Waals surface area contributed by atoms with Crippen molar-refractivity contribution in [3.63, 3.8) is 0 Å². The normalized spacial score (nSPS) is 15.0. The minimum Gasteiger partial charge on any atom is -0.369 e. The second-order valence-corrected chi connectivity index (χ2v) is 7.38. The van der Waals surface area contributed by atoms with Crippen LogP contribution in [0.25, 0.3) is 0 Å². The van der Waals surface area contributed by atoms with Gasteiger partial charge in [-0.25, -0.2) is 4.39 Å². The number of carbonyl (C=O) groups is 1. The van der Waals surface area contributed by atoms with E-state index in [4.69, 9.17) is 11.6 Å². The van der Waals surface area contributed by atoms with Crippen molar-refractivity contribution in [2.45, 2.75) is 20.3 Å². The summed E-state index contributed by atoms with van der Waals surface area (Å²) in [5.74, 6) is -0.578. The van der Waals surface area contributed by atoms with Gasteiger partial charge in [-0.15, -0.1) is 0 Å². The monoisotopic (exact) mass is 389 g/mol. The fraction of sp³-hybridized carbons (Fsp3) is 0.381. The van der Waals surface area contributed by atoms with E-state index >= 15 is 0 Å². The Kier molecular flexibility index (Phi) is 6.34. The number of hydrogen-bond donors (Lipinski definition) is 1. The van der Waals surface area contributed by atoms with Crippen molar-refractivity contribution in [3.05, 3.63) is 58.4 Å². The molecule has 27 heavy (non-hydrogen) atoms. The molecule has 2 aromatic rings. The van der Waals surface area contributed by atoms with Crippen LogP contribution in [-0.4, -0.2) is 43.5 Å². The molecule has 144 valence electrons. The van der Waals surface area contributed by atoms with Crippen LogP contribution in [0, 0.1) is 19.7 Å². The molecule has 4 nitrogen and oxygen atoms in total. The summed E-state index contributed by atoms with van der Waals surface area (Å²) in [5.41, 5.74) is 4.47. The highest BCUT2D eigenvalue weighted by molar-refractivity contribution is 6.31. The summed E-state index contributed by atoms with van der Waals surface area (Å²) in [6.07, 6.45) is 0.401. The number of rotatable bonds is 5. The van der Waals surface area contributed by atoms with E-state index in [1.54, 1.807) is 0 Å². The summed E-state index contributed by atoms with van der Waals surface area (Å²) in [5, 5.41) is 2.78. The molecule has 2 aromatic carbocycles. The number of piperazine rings is 1. The Labute approximate surface area is 164 Å². The molecule has 1 aliphatic heterocycles. The van der Waals surface area contributed by atoms with Gasteiger partial charge in [-0.3, -0.25) is 9.69 Å². The average molecular weight is 390 g/mol. The van der Waals surface area contributed by atoms with Gasteiger partial charge >= 0.3 is 0 Å². The highest BCUT2D eigenvalue weighted by Gasteiger charge is 2.19. The molecule has 0 saturated carbocycles. The molecular formula is C21H25ClFN3O. The number of nitrogens with one attached hydrogen (secondary N) is 1. The largest absolute Gasteiger partial charge is 0.369 e. The Morgan fingerprint density at radius 1 is 1.15 bits per heavy atom. The Bertz CT molecular complexity index is 819. The Balaban J connectivity index is 1.46. The summed E-state index contributed by atoms with van der Waals surface area (Å²) in [4.78, 5) is 16.9. The molecule has 0 unspecified atom stereocenters. The van der Waals surface area contributed by atoms with Gasteiger partial charge in [-0.1, -0.05) is 23.7 Å². The van der Waals surface area contributed by atoms with Crippen molar-refractivity contribution in [2.24, 2.45) is 0 Å². The zero-order valence-corrected chi connectivity index (χ0v) is 16.5. The first-order valence-corrected chi connectivity index (χ1v) is 9.60. The minimum atomic E-state index is -0.489. The van der Waals surface area contributed by atoms with Crippen LogP contribution < -0.4 is 10.2 Å². The third kappa shape index (κ3) is 4.99. The zero-order chi connectivity index (χ0) is 19.4. The van der Waals surface area contributed by atoms with Crippen molar-refractivity contribution >= 4 is 28.9 Å². The van der Waals surface area contributed by atoms with Crippen molar-refractivity contribution in [1.29, 1.82) is 0 Å². The standard InChI is InChI=1S/C21H25ClFN3O/c1-15-4-3-5-20(16(15)2)26-12-10-25(11-13-26)9-8-21(27)24-17-6-7-19(23)18(22)14-17/h3-7,14H,8-13H2,1-2H3,(H,24,27). The lowest BCUT2D eigenvalue weighted by atomic mass is 10.1. The summed E-state index contributed by atoms with van der Waals surface area (Å²) in [6, 6.07) is 10.6. The van der Waals surface area contributed by atoms with Crippen LogP contribution in [0.15, 0.2) is 36.4 Å². The van der Waals surface area contributed by atoms with Gasteiger partial charge in [0, 0.05) is 50.5 Å². The number of nitrogens with zero attached hydrogens (tertiary/aromatic N) is 2. The van der Waals surface area contributed by atoms with Gasteiger partial charge in [0.15, 0.2) is 0 Å². The van der Waals surface area contributed by atoms with Gasteiger partial charge in [0.25, 0.3) is 0 Å². The van der Waals surface area contributed by atoms with Crippen molar-refractivity contribution < 1.29 is 9.18 Å². The number of amides is 1. The number of carbonyl (C=O) groups excluding carboxylic acids is 1. The van der Waals surface area contributed by atoms with E-state index in [2.05, 4.69) is 47.2 Å². The molecule has 3 rings (SSSR count). The first-order chi connectivity index (χ1) is 12.9. The molecule has 6 heteroatoms. The number of benzene rings is 2. The minimum absolute atomic E-state index is 0.00960. The molecule has 1 N–H and O–H groups in total. The molecule has 1 amide bonds. The summed E-state index contributed by atoms with van der Waals surface area (Å²) < 4.78 is 13.2. The predicted molar refractivity (Wildman–Crippen MR) is 109 cm³/mol. The van der Waals surface area contributed by atoms with E-state index in [1.807, 2.05) is 0 Å². The van der Waals surface area contributed by atoms with Crippen molar-refractivity contribution in [2.75, 3.05) is 42.9 Å². The second kappa shape index (κ2) is 8.72. The molecule has 0 aromatic heterocycles. The zero-order valence-electron chi connectivity index (χ0n) is 15.8. The fourth-order valence-electron chi connectivity index (χ4n) is 3.35. The van der Waals surface area contributed by atoms with Crippen LogP contribution in [-0.2, 0) is 4.79 Å². The molecule has 1 fully saturated rings. The van der Waals surface area contributed by atoms with Gasteiger partial charge in [0.2, 0.25) is 5.91 Å². The number of aryl methyl sites for hydroxylation is 1. The van der Waals surface area contributed by atoms with Crippen LogP contribution in [0.5, 0.6) is 0 Å². The van der Waals surface area contributed by atoms with Gasteiger partial charge < -0.3 is 10.2 Å². The SMILES string of the molecule is Cc1cccc(N2CCN(CCC(=O)Nc3ccc(F)c(Cl)c3)CC2)c1C.